The van der Waals surface area contributed by atoms with E-state index < -0.39 is 0 Å². The van der Waals surface area contributed by atoms with Gasteiger partial charge in [0.2, 0.25) is 0 Å². The van der Waals surface area contributed by atoms with Crippen LogP contribution in [0, 0.1) is 6.92 Å². The normalized spacial score (nSPS) is 15.2. The fraction of sp³-hybridized carbons (Fsp3) is 0.700. The molecule has 2 unspecified atom stereocenters. The Hall–Kier alpha value is -0.490. The minimum absolute atomic E-state index is 0.126. The predicted octanol–water partition coefficient (Wildman–Crippen LogP) is 1.25. The van der Waals surface area contributed by atoms with Crippen LogP contribution in [0.3, 0.4) is 0 Å². The molecule has 3 N–H and O–H groups in total. The molecule has 86 valence electrons. The van der Waals surface area contributed by atoms with Gasteiger partial charge in [0.15, 0.2) is 0 Å². The van der Waals surface area contributed by atoms with Crippen LogP contribution in [0.15, 0.2) is 5.38 Å². The molecule has 4 nitrogen and oxygen atoms in total. The van der Waals surface area contributed by atoms with Crippen molar-refractivity contribution in [3.63, 3.8) is 0 Å². The van der Waals surface area contributed by atoms with Crippen LogP contribution in [0.4, 0.5) is 0 Å². The average Bonchev–Trinajstić information content (AvgIpc) is 2.64. The zero-order chi connectivity index (χ0) is 11.3. The lowest BCUT2D eigenvalue weighted by Gasteiger charge is -2.23. The van der Waals surface area contributed by atoms with Crippen molar-refractivity contribution in [3.8, 4) is 0 Å². The molecule has 0 aliphatic carbocycles. The third-order valence-corrected chi connectivity index (χ3v) is 3.29. The molecule has 1 rings (SSSR count). The van der Waals surface area contributed by atoms with E-state index in [1.165, 1.54) is 0 Å². The largest absolute Gasteiger partial charge is 0.380 e. The number of nitrogens with zero attached hydrogens (tertiary/aromatic N) is 1. The summed E-state index contributed by atoms with van der Waals surface area (Å²) in [6.07, 6.45) is 1.89. The van der Waals surface area contributed by atoms with Crippen molar-refractivity contribution in [2.45, 2.75) is 38.8 Å². The lowest BCUT2D eigenvalue weighted by molar-refractivity contribution is 0.0651. The maximum Gasteiger partial charge on any atom is 0.0897 e. The summed E-state index contributed by atoms with van der Waals surface area (Å²) in [6.45, 7) is 4.09. The van der Waals surface area contributed by atoms with Crippen molar-refractivity contribution in [1.82, 2.24) is 10.4 Å². The van der Waals surface area contributed by atoms with E-state index in [0.29, 0.717) is 0 Å². The summed E-state index contributed by atoms with van der Waals surface area (Å²) < 4.78 is 5.36. The number of methoxy groups -OCH3 is 1. The van der Waals surface area contributed by atoms with Gasteiger partial charge in [-0.25, -0.2) is 4.98 Å². The summed E-state index contributed by atoms with van der Waals surface area (Å²) in [5.41, 5.74) is 3.88. The second kappa shape index (κ2) is 6.17. The van der Waals surface area contributed by atoms with Gasteiger partial charge in [0.25, 0.3) is 0 Å². The lowest BCUT2D eigenvalue weighted by Crippen LogP contribution is -2.46. The van der Waals surface area contributed by atoms with Crippen LogP contribution >= 0.6 is 11.3 Å². The van der Waals surface area contributed by atoms with E-state index in [1.54, 1.807) is 18.4 Å². The quantitative estimate of drug-likeness (QED) is 0.569. The Kier molecular flexibility index (Phi) is 5.17. The first-order valence-electron chi connectivity index (χ1n) is 5.11. The Balaban J connectivity index is 2.60. The zero-order valence-corrected chi connectivity index (χ0v) is 10.3. The number of nitrogens with one attached hydrogen (secondary N) is 1. The van der Waals surface area contributed by atoms with Crippen LogP contribution in [0.1, 0.15) is 24.0 Å². The number of hydrogen-bond acceptors (Lipinski definition) is 5. The van der Waals surface area contributed by atoms with Gasteiger partial charge >= 0.3 is 0 Å². The molecule has 0 aliphatic heterocycles. The lowest BCUT2D eigenvalue weighted by atomic mass is 10.0. The summed E-state index contributed by atoms with van der Waals surface area (Å²) >= 11 is 1.66. The maximum absolute atomic E-state index is 5.53. The summed E-state index contributed by atoms with van der Waals surface area (Å²) in [6, 6.07) is 0.126. The third kappa shape index (κ3) is 3.53. The highest BCUT2D eigenvalue weighted by molar-refractivity contribution is 7.09. The Bertz CT molecular complexity index is 286. The second-order valence-corrected chi connectivity index (χ2v) is 4.58. The number of ether oxygens (including phenoxy) is 1. The summed E-state index contributed by atoms with van der Waals surface area (Å²) in [4.78, 5) is 4.42. The first kappa shape index (κ1) is 12.6. The Morgan fingerprint density at radius 3 is 2.80 bits per heavy atom. The molecule has 0 radical (unpaired) electrons. The van der Waals surface area contributed by atoms with Crippen LogP contribution < -0.4 is 11.3 Å². The minimum atomic E-state index is 0.126. The molecule has 15 heavy (non-hydrogen) atoms. The van der Waals surface area contributed by atoms with Crippen molar-refractivity contribution in [1.29, 1.82) is 0 Å². The van der Waals surface area contributed by atoms with Gasteiger partial charge in [-0.2, -0.15) is 0 Å². The highest BCUT2D eigenvalue weighted by Gasteiger charge is 2.19. The van der Waals surface area contributed by atoms with E-state index in [2.05, 4.69) is 22.7 Å². The summed E-state index contributed by atoms with van der Waals surface area (Å²) in [5.74, 6) is 5.53. The smallest absolute Gasteiger partial charge is 0.0897 e. The Labute approximate surface area is 94.8 Å². The van der Waals surface area contributed by atoms with Crippen molar-refractivity contribution in [3.05, 3.63) is 16.1 Å². The molecule has 5 heteroatoms. The van der Waals surface area contributed by atoms with Gasteiger partial charge in [-0.1, -0.05) is 6.92 Å². The SMILES string of the molecule is CCC(OC)C(Cc1csc(C)n1)NN. The monoisotopic (exact) mass is 229 g/mol. The van der Waals surface area contributed by atoms with Gasteiger partial charge in [0.1, 0.15) is 0 Å². The van der Waals surface area contributed by atoms with Crippen molar-refractivity contribution in [2.24, 2.45) is 5.84 Å². The Morgan fingerprint density at radius 2 is 2.40 bits per heavy atom. The van der Waals surface area contributed by atoms with E-state index in [1.807, 2.05) is 6.92 Å². The predicted molar refractivity (Wildman–Crippen MR) is 62.8 cm³/mol. The molecular formula is C10H19N3OS. The molecule has 2 atom stereocenters. The number of thiazole rings is 1. The van der Waals surface area contributed by atoms with Gasteiger partial charge in [0, 0.05) is 18.9 Å². The first-order valence-corrected chi connectivity index (χ1v) is 5.99. The molecular weight excluding hydrogens is 210 g/mol. The summed E-state index contributed by atoms with van der Waals surface area (Å²) in [5, 5.41) is 3.16. The van der Waals surface area contributed by atoms with E-state index >= 15 is 0 Å². The minimum Gasteiger partial charge on any atom is -0.380 e. The Morgan fingerprint density at radius 1 is 1.67 bits per heavy atom. The number of rotatable bonds is 6. The average molecular weight is 229 g/mol. The molecule has 0 bridgehead atoms. The molecule has 0 saturated heterocycles. The van der Waals surface area contributed by atoms with E-state index in [-0.39, 0.29) is 12.1 Å². The molecule has 0 fully saturated rings. The third-order valence-electron chi connectivity index (χ3n) is 2.46. The molecule has 1 heterocycles. The van der Waals surface area contributed by atoms with E-state index in [9.17, 15) is 0 Å². The topological polar surface area (TPSA) is 60.2 Å². The molecule has 0 spiro atoms. The molecule has 0 aromatic carbocycles. The second-order valence-electron chi connectivity index (χ2n) is 3.52. The van der Waals surface area contributed by atoms with Crippen LogP contribution in [0.5, 0.6) is 0 Å². The number of nitrogens with two attached hydrogens (primary N) is 1. The van der Waals surface area contributed by atoms with Gasteiger partial charge in [-0.15, -0.1) is 11.3 Å². The standard InChI is InChI=1S/C10H19N3OS/c1-4-10(14-3)9(13-11)5-8-6-15-7(2)12-8/h6,9-10,13H,4-5,11H2,1-3H3. The number of aryl methyl sites for hydroxylation is 1. The van der Waals surface area contributed by atoms with Crippen molar-refractivity contribution < 1.29 is 4.74 Å². The summed E-state index contributed by atoms with van der Waals surface area (Å²) in [7, 11) is 1.71. The number of hydrazine groups is 1. The number of aromatic nitrogens is 1. The van der Waals surface area contributed by atoms with Crippen LogP contribution in [-0.4, -0.2) is 24.2 Å². The van der Waals surface area contributed by atoms with Crippen LogP contribution in [0.25, 0.3) is 0 Å². The van der Waals surface area contributed by atoms with Gasteiger partial charge in [-0.3, -0.25) is 11.3 Å². The van der Waals surface area contributed by atoms with E-state index in [4.69, 9.17) is 10.6 Å². The number of hydrogen-bond donors (Lipinski definition) is 2. The first-order chi connectivity index (χ1) is 7.21. The highest BCUT2D eigenvalue weighted by Crippen LogP contribution is 2.13. The molecule has 0 saturated carbocycles. The fourth-order valence-corrected chi connectivity index (χ4v) is 2.27. The van der Waals surface area contributed by atoms with Crippen molar-refractivity contribution >= 4 is 11.3 Å². The van der Waals surface area contributed by atoms with Crippen molar-refractivity contribution in [2.75, 3.05) is 7.11 Å². The van der Waals surface area contributed by atoms with Crippen LogP contribution in [0.2, 0.25) is 0 Å². The molecule has 0 amide bonds. The zero-order valence-electron chi connectivity index (χ0n) is 9.49. The fourth-order valence-electron chi connectivity index (χ4n) is 1.64. The molecule has 0 aliphatic rings. The maximum atomic E-state index is 5.53. The van der Waals surface area contributed by atoms with E-state index in [0.717, 1.165) is 23.5 Å². The van der Waals surface area contributed by atoms with Crippen LogP contribution in [-0.2, 0) is 11.2 Å². The van der Waals surface area contributed by atoms with Gasteiger partial charge < -0.3 is 4.74 Å². The van der Waals surface area contributed by atoms with Gasteiger partial charge in [0.05, 0.1) is 22.8 Å². The van der Waals surface area contributed by atoms with Gasteiger partial charge in [-0.05, 0) is 13.3 Å². The molecule has 1 aromatic rings. The molecule has 1 aromatic heterocycles. The highest BCUT2D eigenvalue weighted by atomic mass is 32.1.